The Morgan fingerprint density at radius 1 is 0.840 bits per heavy atom. The number of rotatable bonds is 5. The fraction of sp³-hybridized carbons (Fsp3) is 0.200. The average Bonchev–Trinajstić information content (AvgIpc) is 2.60. The zero-order valence-electron chi connectivity index (χ0n) is 14.6. The predicted octanol–water partition coefficient (Wildman–Crippen LogP) is 3.95. The zero-order chi connectivity index (χ0) is 18.0. The van der Waals surface area contributed by atoms with E-state index in [9.17, 15) is 8.42 Å². The minimum absolute atomic E-state index is 0.302. The van der Waals surface area contributed by atoms with Gasteiger partial charge in [-0.15, -0.1) is 0 Å². The van der Waals surface area contributed by atoms with Gasteiger partial charge in [0.05, 0.1) is 4.90 Å². The Hall–Kier alpha value is -2.37. The van der Waals surface area contributed by atoms with E-state index < -0.39 is 10.0 Å². The summed E-state index contributed by atoms with van der Waals surface area (Å²) in [6.07, 6.45) is 0. The van der Waals surface area contributed by atoms with Gasteiger partial charge in [-0.2, -0.15) is 0 Å². The zero-order valence-corrected chi connectivity index (χ0v) is 15.4. The second kappa shape index (κ2) is 6.86. The molecule has 0 unspecified atom stereocenters. The highest BCUT2D eigenvalue weighted by atomic mass is 32.2. The van der Waals surface area contributed by atoms with Crippen LogP contribution in [0.5, 0.6) is 0 Å². The molecule has 0 spiro atoms. The van der Waals surface area contributed by atoms with Crippen LogP contribution in [0.4, 0.5) is 5.69 Å². The molecule has 0 radical (unpaired) electrons. The van der Waals surface area contributed by atoms with Crippen molar-refractivity contribution in [3.05, 3.63) is 72.3 Å². The normalized spacial score (nSPS) is 12.9. The van der Waals surface area contributed by atoms with Gasteiger partial charge in [-0.25, -0.2) is 13.1 Å². The van der Waals surface area contributed by atoms with Gasteiger partial charge in [0.15, 0.2) is 0 Å². The van der Waals surface area contributed by atoms with E-state index in [-0.39, 0.29) is 6.04 Å². The molecule has 0 fully saturated rings. The van der Waals surface area contributed by atoms with E-state index in [0.717, 1.165) is 22.0 Å². The van der Waals surface area contributed by atoms with Crippen molar-refractivity contribution in [1.29, 1.82) is 0 Å². The van der Waals surface area contributed by atoms with Crippen molar-refractivity contribution >= 4 is 26.5 Å². The fourth-order valence-electron chi connectivity index (χ4n) is 2.99. The molecule has 4 nitrogen and oxygen atoms in total. The van der Waals surface area contributed by atoms with Gasteiger partial charge in [-0.3, -0.25) is 0 Å². The molecular formula is C20H22N2O2S. The van der Waals surface area contributed by atoms with Gasteiger partial charge in [-0.1, -0.05) is 54.6 Å². The van der Waals surface area contributed by atoms with Crippen LogP contribution >= 0.6 is 0 Å². The highest BCUT2D eigenvalue weighted by Crippen LogP contribution is 2.30. The van der Waals surface area contributed by atoms with Gasteiger partial charge in [0.25, 0.3) is 0 Å². The number of hydrogen-bond acceptors (Lipinski definition) is 3. The van der Waals surface area contributed by atoms with Gasteiger partial charge >= 0.3 is 0 Å². The van der Waals surface area contributed by atoms with Crippen molar-refractivity contribution in [2.75, 3.05) is 19.0 Å². The minimum Gasteiger partial charge on any atom is -0.377 e. The first-order valence-electron chi connectivity index (χ1n) is 8.16. The van der Waals surface area contributed by atoms with Crippen LogP contribution < -0.4 is 9.62 Å². The number of fused-ring (bicyclic) bond motifs is 1. The molecule has 0 amide bonds. The fourth-order valence-corrected chi connectivity index (χ4v) is 4.45. The third kappa shape index (κ3) is 3.52. The van der Waals surface area contributed by atoms with E-state index in [2.05, 4.69) is 4.72 Å². The first-order chi connectivity index (χ1) is 11.9. The van der Waals surface area contributed by atoms with Crippen LogP contribution in [0.25, 0.3) is 10.8 Å². The molecule has 0 bridgehead atoms. The van der Waals surface area contributed by atoms with Crippen molar-refractivity contribution in [2.45, 2.75) is 17.9 Å². The summed E-state index contributed by atoms with van der Waals surface area (Å²) in [6, 6.07) is 20.4. The van der Waals surface area contributed by atoms with Crippen LogP contribution in [0.1, 0.15) is 18.5 Å². The van der Waals surface area contributed by atoms with E-state index in [4.69, 9.17) is 0 Å². The van der Waals surface area contributed by atoms with Crippen molar-refractivity contribution in [2.24, 2.45) is 0 Å². The molecule has 0 aliphatic rings. The molecule has 5 heteroatoms. The molecule has 3 aromatic rings. The smallest absolute Gasteiger partial charge is 0.241 e. The average molecular weight is 354 g/mol. The molecule has 0 saturated carbocycles. The standard InChI is InChI=1S/C20H22N2O2S/c1-15(16-9-5-4-6-10-16)21-25(23,24)20-14-8-11-17-18(20)12-7-13-19(17)22(2)3/h4-15,21H,1-3H3/t15-/m1/s1. The molecule has 0 heterocycles. The van der Waals surface area contributed by atoms with Gasteiger partial charge < -0.3 is 4.90 Å². The number of benzene rings is 3. The first kappa shape index (κ1) is 17.5. The van der Waals surface area contributed by atoms with E-state index in [1.165, 1.54) is 0 Å². The summed E-state index contributed by atoms with van der Waals surface area (Å²) in [5.41, 5.74) is 1.92. The summed E-state index contributed by atoms with van der Waals surface area (Å²) in [7, 11) is 0.255. The molecule has 25 heavy (non-hydrogen) atoms. The topological polar surface area (TPSA) is 49.4 Å². The number of nitrogens with zero attached hydrogens (tertiary/aromatic N) is 1. The summed E-state index contributed by atoms with van der Waals surface area (Å²) in [6.45, 7) is 1.85. The lowest BCUT2D eigenvalue weighted by molar-refractivity contribution is 0.568. The van der Waals surface area contributed by atoms with Crippen molar-refractivity contribution in [3.63, 3.8) is 0 Å². The Balaban J connectivity index is 2.05. The van der Waals surface area contributed by atoms with E-state index >= 15 is 0 Å². The SMILES string of the molecule is C[C@@H](NS(=O)(=O)c1cccc2c(N(C)C)cccc12)c1ccccc1. The number of sulfonamides is 1. The van der Waals surface area contributed by atoms with Crippen LogP contribution in [0, 0.1) is 0 Å². The number of hydrogen-bond donors (Lipinski definition) is 1. The maximum atomic E-state index is 13.0. The maximum absolute atomic E-state index is 13.0. The lowest BCUT2D eigenvalue weighted by atomic mass is 10.1. The van der Waals surface area contributed by atoms with E-state index in [1.807, 2.05) is 80.5 Å². The third-order valence-corrected chi connectivity index (χ3v) is 5.86. The van der Waals surface area contributed by atoms with Crippen LogP contribution in [0.15, 0.2) is 71.6 Å². The Morgan fingerprint density at radius 2 is 1.48 bits per heavy atom. The molecule has 0 saturated heterocycles. The Bertz CT molecular complexity index is 983. The largest absolute Gasteiger partial charge is 0.377 e. The van der Waals surface area contributed by atoms with E-state index in [0.29, 0.717) is 4.90 Å². The molecular weight excluding hydrogens is 332 g/mol. The lowest BCUT2D eigenvalue weighted by Gasteiger charge is -2.18. The van der Waals surface area contributed by atoms with Gasteiger partial charge in [0.1, 0.15) is 0 Å². The van der Waals surface area contributed by atoms with Crippen LogP contribution in [-0.2, 0) is 10.0 Å². The number of nitrogens with one attached hydrogen (secondary N) is 1. The highest BCUT2D eigenvalue weighted by Gasteiger charge is 2.21. The van der Waals surface area contributed by atoms with E-state index in [1.54, 1.807) is 12.1 Å². The van der Waals surface area contributed by atoms with Crippen molar-refractivity contribution in [1.82, 2.24) is 4.72 Å². The molecule has 3 rings (SSSR count). The molecule has 1 atom stereocenters. The molecule has 0 aliphatic heterocycles. The summed E-state index contributed by atoms with van der Waals surface area (Å²) in [5, 5.41) is 1.64. The van der Waals surface area contributed by atoms with Gasteiger partial charge in [0.2, 0.25) is 10.0 Å². The summed E-state index contributed by atoms with van der Waals surface area (Å²) < 4.78 is 28.8. The second-order valence-electron chi connectivity index (χ2n) is 6.28. The van der Waals surface area contributed by atoms with Gasteiger partial charge in [-0.05, 0) is 24.6 Å². The van der Waals surface area contributed by atoms with Crippen LogP contribution in [0.2, 0.25) is 0 Å². The summed E-state index contributed by atoms with van der Waals surface area (Å²) in [4.78, 5) is 2.29. The molecule has 0 aliphatic carbocycles. The van der Waals surface area contributed by atoms with Crippen molar-refractivity contribution in [3.8, 4) is 0 Å². The quantitative estimate of drug-likeness (QED) is 0.755. The predicted molar refractivity (Wildman–Crippen MR) is 103 cm³/mol. The maximum Gasteiger partial charge on any atom is 0.241 e. The Morgan fingerprint density at radius 3 is 2.16 bits per heavy atom. The molecule has 0 aromatic heterocycles. The Labute approximate surface area is 149 Å². The molecule has 3 aromatic carbocycles. The monoisotopic (exact) mass is 354 g/mol. The van der Waals surface area contributed by atoms with Crippen molar-refractivity contribution < 1.29 is 8.42 Å². The third-order valence-electron chi connectivity index (χ3n) is 4.26. The molecule has 130 valence electrons. The summed E-state index contributed by atoms with van der Waals surface area (Å²) >= 11 is 0. The summed E-state index contributed by atoms with van der Waals surface area (Å²) in [5.74, 6) is 0. The number of anilines is 1. The molecule has 1 N–H and O–H groups in total. The lowest BCUT2D eigenvalue weighted by Crippen LogP contribution is -2.27. The minimum atomic E-state index is -3.65. The highest BCUT2D eigenvalue weighted by molar-refractivity contribution is 7.89. The Kier molecular flexibility index (Phi) is 4.79. The first-order valence-corrected chi connectivity index (χ1v) is 9.65. The second-order valence-corrected chi connectivity index (χ2v) is 7.96. The van der Waals surface area contributed by atoms with Gasteiger partial charge in [0, 0.05) is 36.6 Å². The van der Waals surface area contributed by atoms with Crippen LogP contribution in [-0.4, -0.2) is 22.5 Å². The van der Waals surface area contributed by atoms with Crippen LogP contribution in [0.3, 0.4) is 0 Å².